The van der Waals surface area contributed by atoms with Crippen LogP contribution in [0.5, 0.6) is 0 Å². The van der Waals surface area contributed by atoms with E-state index < -0.39 is 0 Å². The summed E-state index contributed by atoms with van der Waals surface area (Å²) in [6, 6.07) is 5.65. The first-order chi connectivity index (χ1) is 9.17. The quantitative estimate of drug-likeness (QED) is 0.363. The number of halogens is 1. The molecule has 1 saturated carbocycles. The minimum absolute atomic E-state index is 0.246. The molecule has 3 unspecified atom stereocenters. The summed E-state index contributed by atoms with van der Waals surface area (Å²) >= 11 is 0. The maximum absolute atomic E-state index is 13.0. The largest absolute Gasteiger partial charge is 0.469 e. The number of ether oxygens (including phenoxy) is 1. The Labute approximate surface area is 110 Å². The third kappa shape index (κ3) is 2.69. The van der Waals surface area contributed by atoms with Crippen LogP contribution in [0.4, 0.5) is 4.39 Å². The minimum Gasteiger partial charge on any atom is -0.469 e. The van der Waals surface area contributed by atoms with Gasteiger partial charge >= 0.3 is 5.97 Å². The number of nitrogens with zero attached hydrogens (tertiary/aromatic N) is 3. The lowest BCUT2D eigenvalue weighted by atomic mass is 9.87. The second-order valence-corrected chi connectivity index (χ2v) is 4.56. The number of esters is 1. The van der Waals surface area contributed by atoms with E-state index in [0.29, 0.717) is 12.8 Å². The summed E-state index contributed by atoms with van der Waals surface area (Å²) in [5.41, 5.74) is 9.40. The third-order valence-electron chi connectivity index (χ3n) is 3.58. The SMILES string of the molecule is COC(=O)C1CCC(N=[N+]=[N-])C1c1ccc(F)cc1. The van der Waals surface area contributed by atoms with Gasteiger partial charge in [-0.1, -0.05) is 17.2 Å². The van der Waals surface area contributed by atoms with E-state index in [-0.39, 0.29) is 29.7 Å². The van der Waals surface area contributed by atoms with Gasteiger partial charge in [0, 0.05) is 16.9 Å². The highest BCUT2D eigenvalue weighted by Crippen LogP contribution is 2.42. The average Bonchev–Trinajstić information content (AvgIpc) is 2.83. The molecule has 3 atom stereocenters. The van der Waals surface area contributed by atoms with Crippen LogP contribution < -0.4 is 0 Å². The highest BCUT2D eigenvalue weighted by Gasteiger charge is 2.41. The van der Waals surface area contributed by atoms with E-state index in [0.717, 1.165) is 5.56 Å². The lowest BCUT2D eigenvalue weighted by Gasteiger charge is -2.21. The van der Waals surface area contributed by atoms with Crippen LogP contribution in [-0.4, -0.2) is 19.1 Å². The van der Waals surface area contributed by atoms with Crippen LogP contribution in [0.15, 0.2) is 29.4 Å². The number of carbonyl (C=O) groups is 1. The maximum atomic E-state index is 13.0. The first-order valence-electron chi connectivity index (χ1n) is 6.05. The second kappa shape index (κ2) is 5.71. The Hall–Kier alpha value is -2.07. The Balaban J connectivity index is 2.35. The van der Waals surface area contributed by atoms with Crippen molar-refractivity contribution in [3.05, 3.63) is 46.1 Å². The van der Waals surface area contributed by atoms with Gasteiger partial charge in [0.2, 0.25) is 0 Å². The van der Waals surface area contributed by atoms with E-state index in [4.69, 9.17) is 10.3 Å². The Bertz CT molecular complexity index is 511. The Kier molecular flexibility index (Phi) is 4.02. The maximum Gasteiger partial charge on any atom is 0.309 e. The van der Waals surface area contributed by atoms with E-state index in [1.807, 2.05) is 0 Å². The van der Waals surface area contributed by atoms with Crippen molar-refractivity contribution in [3.8, 4) is 0 Å². The summed E-state index contributed by atoms with van der Waals surface area (Å²) in [6.07, 6.45) is 1.24. The number of hydrogen-bond acceptors (Lipinski definition) is 3. The van der Waals surface area contributed by atoms with Gasteiger partial charge in [-0.25, -0.2) is 4.39 Å². The molecule has 5 nitrogen and oxygen atoms in total. The Morgan fingerprint density at radius 2 is 2.11 bits per heavy atom. The van der Waals surface area contributed by atoms with E-state index >= 15 is 0 Å². The van der Waals surface area contributed by atoms with Crippen LogP contribution in [0.3, 0.4) is 0 Å². The molecule has 1 fully saturated rings. The standard InChI is InChI=1S/C13H14FN3O2/c1-19-13(18)10-6-7-11(16-17-15)12(10)8-2-4-9(14)5-3-8/h2-5,10-12H,6-7H2,1H3. The molecule has 19 heavy (non-hydrogen) atoms. The van der Waals surface area contributed by atoms with E-state index in [2.05, 4.69) is 10.0 Å². The van der Waals surface area contributed by atoms with Crippen molar-refractivity contribution in [2.45, 2.75) is 24.8 Å². The number of hydrogen-bond donors (Lipinski definition) is 0. The fourth-order valence-corrected chi connectivity index (χ4v) is 2.73. The topological polar surface area (TPSA) is 75.1 Å². The van der Waals surface area contributed by atoms with Gasteiger partial charge in [-0.2, -0.15) is 0 Å². The second-order valence-electron chi connectivity index (χ2n) is 4.56. The minimum atomic E-state index is -0.342. The molecule has 1 aliphatic rings. The zero-order valence-corrected chi connectivity index (χ0v) is 10.5. The molecule has 0 spiro atoms. The van der Waals surface area contributed by atoms with Crippen LogP contribution in [0.1, 0.15) is 24.3 Å². The van der Waals surface area contributed by atoms with Crippen molar-refractivity contribution in [2.75, 3.05) is 7.11 Å². The average molecular weight is 263 g/mol. The van der Waals surface area contributed by atoms with Crippen molar-refractivity contribution in [1.82, 2.24) is 0 Å². The molecule has 2 rings (SSSR count). The highest BCUT2D eigenvalue weighted by atomic mass is 19.1. The molecule has 1 aromatic carbocycles. The molecule has 0 radical (unpaired) electrons. The first kappa shape index (κ1) is 13.4. The van der Waals surface area contributed by atoms with Crippen molar-refractivity contribution < 1.29 is 13.9 Å². The van der Waals surface area contributed by atoms with Gasteiger partial charge in [-0.3, -0.25) is 4.79 Å². The summed E-state index contributed by atoms with van der Waals surface area (Å²) in [7, 11) is 1.34. The van der Waals surface area contributed by atoms with Crippen LogP contribution >= 0.6 is 0 Å². The van der Waals surface area contributed by atoms with E-state index in [9.17, 15) is 9.18 Å². The van der Waals surface area contributed by atoms with Crippen LogP contribution in [0.2, 0.25) is 0 Å². The molecule has 6 heteroatoms. The van der Waals surface area contributed by atoms with Gasteiger partial charge in [0.1, 0.15) is 5.82 Å². The lowest BCUT2D eigenvalue weighted by Crippen LogP contribution is -2.23. The molecule has 1 aromatic rings. The smallest absolute Gasteiger partial charge is 0.309 e. The fourth-order valence-electron chi connectivity index (χ4n) is 2.73. The number of methoxy groups -OCH3 is 1. The molecule has 0 bridgehead atoms. The van der Waals surface area contributed by atoms with Gasteiger partial charge in [-0.15, -0.1) is 0 Å². The van der Waals surface area contributed by atoms with Gasteiger partial charge in [-0.05, 0) is 36.1 Å². The molecule has 0 amide bonds. The Morgan fingerprint density at radius 3 is 2.68 bits per heavy atom. The summed E-state index contributed by atoms with van der Waals surface area (Å²) in [6.45, 7) is 0. The fraction of sp³-hybridized carbons (Fsp3) is 0.462. The molecule has 0 aliphatic heterocycles. The monoisotopic (exact) mass is 263 g/mol. The van der Waals surface area contributed by atoms with Crippen LogP contribution in [0, 0.1) is 11.7 Å². The van der Waals surface area contributed by atoms with Crippen molar-refractivity contribution in [3.63, 3.8) is 0 Å². The zero-order chi connectivity index (χ0) is 13.8. The predicted octanol–water partition coefficient (Wildman–Crippen LogP) is 3.17. The van der Waals surface area contributed by atoms with E-state index in [1.165, 1.54) is 19.2 Å². The first-order valence-corrected chi connectivity index (χ1v) is 6.05. The summed E-state index contributed by atoms with van der Waals surface area (Å²) in [5, 5.41) is 3.75. The number of carbonyl (C=O) groups excluding carboxylic acids is 1. The molecular weight excluding hydrogens is 249 g/mol. The molecule has 0 heterocycles. The predicted molar refractivity (Wildman–Crippen MR) is 66.8 cm³/mol. The molecule has 0 N–H and O–H groups in total. The molecule has 100 valence electrons. The summed E-state index contributed by atoms with van der Waals surface area (Å²) < 4.78 is 17.8. The number of azide groups is 1. The lowest BCUT2D eigenvalue weighted by molar-refractivity contribution is -0.145. The van der Waals surface area contributed by atoms with Gasteiger partial charge in [0.15, 0.2) is 0 Å². The zero-order valence-electron chi connectivity index (χ0n) is 10.5. The summed E-state index contributed by atoms with van der Waals surface area (Å²) in [5.74, 6) is -1.24. The van der Waals surface area contributed by atoms with Gasteiger partial charge in [0.05, 0.1) is 13.0 Å². The van der Waals surface area contributed by atoms with Crippen LogP contribution in [-0.2, 0) is 9.53 Å². The third-order valence-corrected chi connectivity index (χ3v) is 3.58. The molecular formula is C13H14FN3O2. The number of rotatable bonds is 3. The van der Waals surface area contributed by atoms with Gasteiger partial charge < -0.3 is 4.74 Å². The summed E-state index contributed by atoms with van der Waals surface area (Å²) in [4.78, 5) is 14.6. The van der Waals surface area contributed by atoms with Crippen molar-refractivity contribution in [2.24, 2.45) is 11.0 Å². The van der Waals surface area contributed by atoms with Crippen molar-refractivity contribution in [1.29, 1.82) is 0 Å². The molecule has 0 aromatic heterocycles. The van der Waals surface area contributed by atoms with E-state index in [1.54, 1.807) is 12.1 Å². The highest BCUT2D eigenvalue weighted by molar-refractivity contribution is 5.74. The normalized spacial score (nSPS) is 25.7. The van der Waals surface area contributed by atoms with Gasteiger partial charge in [0.25, 0.3) is 0 Å². The molecule has 0 saturated heterocycles. The Morgan fingerprint density at radius 1 is 1.42 bits per heavy atom. The van der Waals surface area contributed by atoms with Crippen LogP contribution in [0.25, 0.3) is 10.4 Å². The number of benzene rings is 1. The van der Waals surface area contributed by atoms with Crippen molar-refractivity contribution >= 4 is 5.97 Å². The molecule has 1 aliphatic carbocycles.